The van der Waals surface area contributed by atoms with E-state index in [1.807, 2.05) is 42.5 Å². The molecule has 0 N–H and O–H groups in total. The van der Waals surface area contributed by atoms with Crippen LogP contribution >= 0.6 is 0 Å². The first-order valence-corrected chi connectivity index (χ1v) is 20.8. The summed E-state index contributed by atoms with van der Waals surface area (Å²) in [5, 5.41) is 3.25. The van der Waals surface area contributed by atoms with Gasteiger partial charge in [-0.3, -0.25) is 0 Å². The highest BCUT2D eigenvalue weighted by atomic mass is 16.3. The second-order valence-electron chi connectivity index (χ2n) is 16.8. The van der Waals surface area contributed by atoms with Gasteiger partial charge in [-0.2, -0.15) is 0 Å². The standard InChI is InChI=1S/C58H39NO2/c1-57(2)45-24-10-11-25-46(45)58(43-22-8-3-18-38(43)39-19-4-9-23-44(39)58)47-26-15-29-50(56(47)57)59(49-28-16-32-54-55(49)41-21-7-14-31-52(41)61-54)48-27-12-5-17-37(48)36-33-34-53-42(35-36)40-20-6-13-30-51(40)60-53/h3-35H,1-2H3/i14D,16D,28D,31D. The smallest absolute Gasteiger partial charge is 0.137 e. The Morgan fingerprint density at radius 1 is 0.426 bits per heavy atom. The second-order valence-corrected chi connectivity index (χ2v) is 16.8. The van der Waals surface area contributed by atoms with Crippen molar-refractivity contribution in [2.75, 3.05) is 4.90 Å². The number of para-hydroxylation sites is 3. The molecule has 61 heavy (non-hydrogen) atoms. The van der Waals surface area contributed by atoms with E-state index in [4.69, 9.17) is 11.6 Å². The predicted octanol–water partition coefficient (Wildman–Crippen LogP) is 15.6. The Labute approximate surface area is 359 Å². The minimum absolute atomic E-state index is 0.0116. The molecule has 0 saturated heterocycles. The van der Waals surface area contributed by atoms with Gasteiger partial charge in [-0.25, -0.2) is 0 Å². The van der Waals surface area contributed by atoms with Gasteiger partial charge in [-0.15, -0.1) is 0 Å². The Balaban J connectivity index is 1.19. The summed E-state index contributed by atoms with van der Waals surface area (Å²) in [5.41, 5.74) is 14.6. The third-order valence-corrected chi connectivity index (χ3v) is 13.4. The third kappa shape index (κ3) is 4.53. The molecule has 13 rings (SSSR count). The summed E-state index contributed by atoms with van der Waals surface area (Å²) < 4.78 is 49.7. The minimum atomic E-state index is -0.674. The van der Waals surface area contributed by atoms with Crippen LogP contribution in [0.5, 0.6) is 0 Å². The average Bonchev–Trinajstić information content (AvgIpc) is 3.99. The zero-order valence-corrected chi connectivity index (χ0v) is 33.5. The third-order valence-electron chi connectivity index (χ3n) is 13.4. The van der Waals surface area contributed by atoms with Gasteiger partial charge in [0.1, 0.15) is 22.3 Å². The molecule has 2 aromatic heterocycles. The summed E-state index contributed by atoms with van der Waals surface area (Å²) in [6, 6.07) is 60.9. The lowest BCUT2D eigenvalue weighted by Gasteiger charge is -2.48. The Kier molecular flexibility index (Phi) is 6.21. The predicted molar refractivity (Wildman–Crippen MR) is 251 cm³/mol. The summed E-state index contributed by atoms with van der Waals surface area (Å²) >= 11 is 0. The first kappa shape index (κ1) is 30.4. The van der Waals surface area contributed by atoms with Gasteiger partial charge in [0, 0.05) is 27.1 Å². The van der Waals surface area contributed by atoms with Gasteiger partial charge in [0.05, 0.1) is 33.3 Å². The Bertz CT molecular complexity index is 3790. The van der Waals surface area contributed by atoms with E-state index in [0.717, 1.165) is 55.6 Å². The van der Waals surface area contributed by atoms with E-state index in [-0.39, 0.29) is 29.8 Å². The normalized spacial score (nSPS) is 15.2. The van der Waals surface area contributed by atoms with Gasteiger partial charge in [0.2, 0.25) is 0 Å². The van der Waals surface area contributed by atoms with Crippen LogP contribution in [0.1, 0.15) is 52.7 Å². The number of nitrogens with zero attached hydrogens (tertiary/aromatic N) is 1. The highest BCUT2D eigenvalue weighted by Gasteiger charge is 2.54. The van der Waals surface area contributed by atoms with Crippen molar-refractivity contribution in [3.63, 3.8) is 0 Å². The molecule has 0 saturated carbocycles. The van der Waals surface area contributed by atoms with E-state index in [0.29, 0.717) is 22.0 Å². The van der Waals surface area contributed by atoms with Crippen LogP contribution in [-0.4, -0.2) is 0 Å². The van der Waals surface area contributed by atoms with E-state index in [2.05, 4.69) is 140 Å². The average molecular weight is 786 g/mol. The first-order valence-electron chi connectivity index (χ1n) is 22.8. The number of anilines is 3. The fourth-order valence-corrected chi connectivity index (χ4v) is 11.0. The van der Waals surface area contributed by atoms with E-state index >= 15 is 0 Å². The maximum Gasteiger partial charge on any atom is 0.137 e. The molecule has 2 aliphatic carbocycles. The van der Waals surface area contributed by atoms with E-state index < -0.39 is 10.8 Å². The molecule has 0 radical (unpaired) electrons. The highest BCUT2D eigenvalue weighted by Crippen LogP contribution is 2.64. The fraction of sp³-hybridized carbons (Fsp3) is 0.0690. The molecule has 288 valence electrons. The molecule has 1 spiro atoms. The summed E-state index contributed by atoms with van der Waals surface area (Å²) in [4.78, 5) is 2.19. The first-order chi connectivity index (χ1) is 31.7. The van der Waals surface area contributed by atoms with Crippen LogP contribution in [0.2, 0.25) is 0 Å². The van der Waals surface area contributed by atoms with Crippen molar-refractivity contribution >= 4 is 60.9 Å². The minimum Gasteiger partial charge on any atom is -0.456 e. The molecular formula is C58H39NO2. The van der Waals surface area contributed by atoms with Crippen LogP contribution in [0.3, 0.4) is 0 Å². The molecular weight excluding hydrogens is 743 g/mol. The molecule has 0 fully saturated rings. The fourth-order valence-electron chi connectivity index (χ4n) is 11.0. The quantitative estimate of drug-likeness (QED) is 0.178. The summed E-state index contributed by atoms with van der Waals surface area (Å²) in [5.74, 6) is 0. The monoisotopic (exact) mass is 785 g/mol. The maximum absolute atomic E-state index is 10.0. The number of benzene rings is 9. The van der Waals surface area contributed by atoms with Crippen LogP contribution in [-0.2, 0) is 10.8 Å². The maximum atomic E-state index is 10.0. The number of rotatable bonds is 4. The SMILES string of the molecule is [2H]c1cc2oc3c([2H])c([2H])ccc3c2c(N(c2ccccc2-c2ccc3oc4ccccc4c3c2)c2cccc3c2C(C)(C)c2ccccc2C32c3ccccc3-c3ccccc32)c1[2H]. The van der Waals surface area contributed by atoms with Gasteiger partial charge in [-0.05, 0) is 98.6 Å². The molecule has 0 aliphatic heterocycles. The molecule has 2 heterocycles. The number of hydrogen-bond donors (Lipinski definition) is 0. The highest BCUT2D eigenvalue weighted by molar-refractivity contribution is 6.14. The van der Waals surface area contributed by atoms with Crippen molar-refractivity contribution < 1.29 is 14.3 Å². The number of furan rings is 2. The second kappa shape index (κ2) is 12.5. The van der Waals surface area contributed by atoms with Crippen molar-refractivity contribution in [1.82, 2.24) is 0 Å². The Morgan fingerprint density at radius 3 is 1.87 bits per heavy atom. The topological polar surface area (TPSA) is 29.5 Å². The molecule has 0 bridgehead atoms. The Morgan fingerprint density at radius 2 is 1.05 bits per heavy atom. The van der Waals surface area contributed by atoms with Gasteiger partial charge in [0.15, 0.2) is 0 Å². The van der Waals surface area contributed by atoms with Crippen molar-refractivity contribution in [2.45, 2.75) is 24.7 Å². The zero-order valence-electron chi connectivity index (χ0n) is 37.5. The molecule has 0 atom stereocenters. The summed E-state index contributed by atoms with van der Waals surface area (Å²) in [6.07, 6.45) is 0. The lowest BCUT2D eigenvalue weighted by atomic mass is 9.55. The van der Waals surface area contributed by atoms with E-state index in [1.165, 1.54) is 33.4 Å². The van der Waals surface area contributed by atoms with Crippen LogP contribution < -0.4 is 4.90 Å². The van der Waals surface area contributed by atoms with Gasteiger partial charge in [-0.1, -0.05) is 165 Å². The van der Waals surface area contributed by atoms with Gasteiger partial charge < -0.3 is 13.7 Å². The molecule has 9 aromatic carbocycles. The van der Waals surface area contributed by atoms with Crippen LogP contribution in [0.25, 0.3) is 66.1 Å². The number of hydrogen-bond acceptors (Lipinski definition) is 3. The van der Waals surface area contributed by atoms with E-state index in [9.17, 15) is 2.74 Å². The zero-order chi connectivity index (χ0) is 43.9. The van der Waals surface area contributed by atoms with Crippen molar-refractivity contribution in [3.05, 3.63) is 233 Å². The van der Waals surface area contributed by atoms with E-state index in [1.54, 1.807) is 12.1 Å². The van der Waals surface area contributed by atoms with Crippen molar-refractivity contribution in [1.29, 1.82) is 0 Å². The van der Waals surface area contributed by atoms with Gasteiger partial charge in [0.25, 0.3) is 0 Å². The van der Waals surface area contributed by atoms with Crippen LogP contribution in [0, 0.1) is 0 Å². The molecule has 2 aliphatic rings. The van der Waals surface area contributed by atoms with Crippen LogP contribution in [0.15, 0.2) is 209 Å². The molecule has 3 nitrogen and oxygen atoms in total. The Hall–Kier alpha value is -7.62. The lowest BCUT2D eigenvalue weighted by Crippen LogP contribution is -2.41. The molecule has 0 amide bonds. The van der Waals surface area contributed by atoms with Gasteiger partial charge >= 0.3 is 0 Å². The van der Waals surface area contributed by atoms with Crippen molar-refractivity contribution in [3.8, 4) is 22.3 Å². The summed E-state index contributed by atoms with van der Waals surface area (Å²) in [7, 11) is 0. The van der Waals surface area contributed by atoms with Crippen LogP contribution in [0.4, 0.5) is 17.1 Å². The number of fused-ring (bicyclic) bond motifs is 15. The van der Waals surface area contributed by atoms with Crippen molar-refractivity contribution in [2.24, 2.45) is 0 Å². The molecule has 0 unspecified atom stereocenters. The summed E-state index contributed by atoms with van der Waals surface area (Å²) in [6.45, 7) is 4.62. The largest absolute Gasteiger partial charge is 0.456 e. The lowest BCUT2D eigenvalue weighted by molar-refractivity contribution is 0.564. The molecule has 3 heteroatoms. The molecule has 11 aromatic rings.